The molecule has 0 aliphatic carbocycles. The van der Waals surface area contributed by atoms with Crippen LogP contribution in [0.1, 0.15) is 20.8 Å². The van der Waals surface area contributed by atoms with E-state index in [1.807, 2.05) is 0 Å². The summed E-state index contributed by atoms with van der Waals surface area (Å²) < 4.78 is 31.0. The van der Waals surface area contributed by atoms with Gasteiger partial charge in [0.25, 0.3) is 0 Å². The van der Waals surface area contributed by atoms with E-state index in [4.69, 9.17) is 19.5 Å². The van der Waals surface area contributed by atoms with E-state index >= 15 is 0 Å². The third-order valence-electron chi connectivity index (χ3n) is 3.30. The van der Waals surface area contributed by atoms with Crippen molar-refractivity contribution in [1.82, 2.24) is 19.5 Å². The summed E-state index contributed by atoms with van der Waals surface area (Å²) in [6.07, 6.45) is 2.74. The molecule has 0 aliphatic rings. The van der Waals surface area contributed by atoms with Gasteiger partial charge >= 0.3 is 7.60 Å². The molecular formula is C12H20N5O4P. The van der Waals surface area contributed by atoms with Crippen LogP contribution in [0.25, 0.3) is 11.2 Å². The lowest BCUT2D eigenvalue weighted by molar-refractivity contribution is -0.0168. The van der Waals surface area contributed by atoms with Crippen LogP contribution >= 0.6 is 7.60 Å². The number of anilines is 1. The van der Waals surface area contributed by atoms with Crippen LogP contribution in [0, 0.1) is 0 Å². The standard InChI is InChI=1S/C12H20N5O4P/c1-5-20-22(18,21-6-2)12(3,19-4)17-8-16-9-10(13)14-7-15-11(9)17/h7-8H,5-6H2,1-4H3,(H2,13,14,15). The van der Waals surface area contributed by atoms with E-state index in [9.17, 15) is 4.57 Å². The van der Waals surface area contributed by atoms with Crippen molar-refractivity contribution >= 4 is 24.6 Å². The van der Waals surface area contributed by atoms with Gasteiger partial charge in [0, 0.05) is 7.11 Å². The zero-order valence-electron chi connectivity index (χ0n) is 13.0. The third-order valence-corrected chi connectivity index (χ3v) is 5.91. The second-order valence-electron chi connectivity index (χ2n) is 4.52. The number of nitrogens with two attached hydrogens (primary N) is 1. The van der Waals surface area contributed by atoms with Gasteiger partial charge in [0.1, 0.15) is 18.2 Å². The number of hydrogen-bond donors (Lipinski definition) is 1. The number of ether oxygens (including phenoxy) is 1. The quantitative estimate of drug-likeness (QED) is 0.767. The lowest BCUT2D eigenvalue weighted by Crippen LogP contribution is -2.34. The summed E-state index contributed by atoms with van der Waals surface area (Å²) in [5.41, 5.74) is 5.12. The maximum Gasteiger partial charge on any atom is 0.383 e. The van der Waals surface area contributed by atoms with Crippen molar-refractivity contribution in [3.63, 3.8) is 0 Å². The van der Waals surface area contributed by atoms with Gasteiger partial charge in [-0.3, -0.25) is 9.13 Å². The molecule has 122 valence electrons. The molecular weight excluding hydrogens is 309 g/mol. The van der Waals surface area contributed by atoms with Gasteiger partial charge < -0.3 is 19.5 Å². The summed E-state index contributed by atoms with van der Waals surface area (Å²) in [7, 11) is -2.23. The zero-order chi connectivity index (χ0) is 16.4. The summed E-state index contributed by atoms with van der Waals surface area (Å²) in [6.45, 7) is 5.47. The van der Waals surface area contributed by atoms with Crippen molar-refractivity contribution in [2.45, 2.75) is 26.2 Å². The zero-order valence-corrected chi connectivity index (χ0v) is 13.9. The number of imidazole rings is 1. The Morgan fingerprint density at radius 3 is 2.45 bits per heavy atom. The molecule has 1 unspecified atom stereocenters. The van der Waals surface area contributed by atoms with E-state index in [-0.39, 0.29) is 19.0 Å². The summed E-state index contributed by atoms with van der Waals surface area (Å²) in [5, 5.41) is 0. The molecule has 2 heterocycles. The van der Waals surface area contributed by atoms with Crippen LogP contribution in [-0.4, -0.2) is 39.8 Å². The average molecular weight is 329 g/mol. The highest BCUT2D eigenvalue weighted by Gasteiger charge is 2.50. The maximum atomic E-state index is 13.2. The number of nitrogens with zero attached hydrogens (tertiary/aromatic N) is 4. The lowest BCUT2D eigenvalue weighted by Gasteiger charge is -2.35. The number of nitrogen functional groups attached to an aromatic ring is 1. The molecule has 2 rings (SSSR count). The summed E-state index contributed by atoms with van der Waals surface area (Å²) in [5.74, 6) is 0.227. The first-order chi connectivity index (χ1) is 10.4. The van der Waals surface area contributed by atoms with Gasteiger partial charge in [-0.1, -0.05) is 0 Å². The molecule has 9 nitrogen and oxygen atoms in total. The summed E-state index contributed by atoms with van der Waals surface area (Å²) in [4.78, 5) is 12.2. The molecule has 22 heavy (non-hydrogen) atoms. The van der Waals surface area contributed by atoms with Crippen molar-refractivity contribution in [3.8, 4) is 0 Å². The molecule has 10 heteroatoms. The molecule has 0 bridgehead atoms. The highest BCUT2D eigenvalue weighted by molar-refractivity contribution is 7.54. The Balaban J connectivity index is 2.66. The first kappa shape index (κ1) is 16.8. The SMILES string of the molecule is CCOP(=O)(OCC)C(C)(OC)n1cnc2c(N)ncnc21. The van der Waals surface area contributed by atoms with Gasteiger partial charge in [-0.25, -0.2) is 15.0 Å². The Labute approximate surface area is 128 Å². The van der Waals surface area contributed by atoms with Crippen molar-refractivity contribution in [3.05, 3.63) is 12.7 Å². The molecule has 0 aromatic carbocycles. The minimum absolute atomic E-state index is 0.208. The lowest BCUT2D eigenvalue weighted by atomic mass is 10.5. The Hall–Kier alpha value is -1.54. The smallest absolute Gasteiger partial charge is 0.382 e. The Morgan fingerprint density at radius 1 is 1.27 bits per heavy atom. The van der Waals surface area contributed by atoms with Crippen LogP contribution in [0.3, 0.4) is 0 Å². The molecule has 0 saturated carbocycles. The van der Waals surface area contributed by atoms with E-state index in [2.05, 4.69) is 15.0 Å². The van der Waals surface area contributed by atoms with Crippen molar-refractivity contribution in [2.75, 3.05) is 26.1 Å². The number of fused-ring (bicyclic) bond motifs is 1. The number of aromatic nitrogens is 4. The summed E-state index contributed by atoms with van der Waals surface area (Å²) >= 11 is 0. The molecule has 0 aliphatic heterocycles. The van der Waals surface area contributed by atoms with E-state index in [0.29, 0.717) is 11.2 Å². The van der Waals surface area contributed by atoms with Gasteiger partial charge in [-0.05, 0) is 20.8 Å². The predicted molar refractivity (Wildman–Crippen MR) is 81.3 cm³/mol. The fourth-order valence-corrected chi connectivity index (χ4v) is 3.98. The van der Waals surface area contributed by atoms with Crippen LogP contribution in [0.5, 0.6) is 0 Å². The largest absolute Gasteiger partial charge is 0.383 e. The number of hydrogen-bond acceptors (Lipinski definition) is 8. The first-order valence-electron chi connectivity index (χ1n) is 6.81. The van der Waals surface area contributed by atoms with Gasteiger partial charge in [0.05, 0.1) is 13.2 Å². The van der Waals surface area contributed by atoms with E-state index < -0.39 is 13.1 Å². The second kappa shape index (κ2) is 6.29. The van der Waals surface area contributed by atoms with Gasteiger partial charge in [-0.15, -0.1) is 0 Å². The normalized spacial score (nSPS) is 15.1. The monoisotopic (exact) mass is 329 g/mol. The highest BCUT2D eigenvalue weighted by atomic mass is 31.2. The number of methoxy groups -OCH3 is 1. The highest BCUT2D eigenvalue weighted by Crippen LogP contribution is 2.63. The third kappa shape index (κ3) is 2.50. The second-order valence-corrected chi connectivity index (χ2v) is 6.86. The molecule has 1 atom stereocenters. The van der Waals surface area contributed by atoms with Crippen LogP contribution in [-0.2, 0) is 23.8 Å². The van der Waals surface area contributed by atoms with Gasteiger partial charge in [-0.2, -0.15) is 0 Å². The molecule has 2 aromatic rings. The molecule has 2 aromatic heterocycles. The van der Waals surface area contributed by atoms with E-state index in [0.717, 1.165) is 0 Å². The van der Waals surface area contributed by atoms with Crippen LogP contribution in [0.4, 0.5) is 5.82 Å². The molecule has 0 spiro atoms. The summed E-state index contributed by atoms with van der Waals surface area (Å²) in [6, 6.07) is 0. The van der Waals surface area contributed by atoms with Crippen molar-refractivity contribution in [2.24, 2.45) is 0 Å². The Morgan fingerprint density at radius 2 is 1.91 bits per heavy atom. The van der Waals surface area contributed by atoms with Crippen LogP contribution in [0.2, 0.25) is 0 Å². The van der Waals surface area contributed by atoms with Crippen molar-refractivity contribution in [1.29, 1.82) is 0 Å². The van der Waals surface area contributed by atoms with Crippen LogP contribution < -0.4 is 5.73 Å². The van der Waals surface area contributed by atoms with E-state index in [1.165, 1.54) is 24.3 Å². The predicted octanol–water partition coefficient (Wildman–Crippen LogP) is 1.95. The topological polar surface area (TPSA) is 114 Å². The molecule has 0 radical (unpaired) electrons. The Kier molecular flexibility index (Phi) is 4.81. The van der Waals surface area contributed by atoms with Gasteiger partial charge in [0.15, 0.2) is 11.5 Å². The fourth-order valence-electron chi connectivity index (χ4n) is 2.12. The minimum atomic E-state index is -3.65. The molecule has 0 saturated heterocycles. The minimum Gasteiger partial charge on any atom is -0.382 e. The number of rotatable bonds is 7. The Bertz CT molecular complexity index is 696. The van der Waals surface area contributed by atoms with Crippen molar-refractivity contribution < 1.29 is 18.3 Å². The van der Waals surface area contributed by atoms with Crippen LogP contribution in [0.15, 0.2) is 12.7 Å². The average Bonchev–Trinajstić information content (AvgIpc) is 2.92. The molecule has 2 N–H and O–H groups in total. The maximum absolute atomic E-state index is 13.2. The molecule has 0 fully saturated rings. The molecule has 0 amide bonds. The first-order valence-corrected chi connectivity index (χ1v) is 8.36. The van der Waals surface area contributed by atoms with Gasteiger partial charge in [0.2, 0.25) is 5.47 Å². The van der Waals surface area contributed by atoms with E-state index in [1.54, 1.807) is 20.8 Å². The fraction of sp³-hybridized carbons (Fsp3) is 0.583.